The quantitative estimate of drug-likeness (QED) is 0.543. The second-order valence-electron chi connectivity index (χ2n) is 5.08. The van der Waals surface area contributed by atoms with E-state index >= 15 is 0 Å². The molecule has 0 amide bonds. The summed E-state index contributed by atoms with van der Waals surface area (Å²) in [6.07, 6.45) is 1.08. The van der Waals surface area contributed by atoms with Crippen LogP contribution in [0.15, 0.2) is 4.99 Å². The van der Waals surface area contributed by atoms with E-state index in [1.807, 2.05) is 14.0 Å². The van der Waals surface area contributed by atoms with Gasteiger partial charge in [0.15, 0.2) is 15.8 Å². The highest BCUT2D eigenvalue weighted by molar-refractivity contribution is 7.91. The van der Waals surface area contributed by atoms with Gasteiger partial charge < -0.3 is 15.0 Å². The molecule has 0 aliphatic carbocycles. The molecule has 7 heteroatoms. The largest absolute Gasteiger partial charge is 0.381 e. The maximum Gasteiger partial charge on any atom is 0.193 e. The SMILES string of the molecule is CCNC(=NCCS(=O)(=O)CC)N(C)CC1CCOC1. The molecule has 0 aromatic rings. The zero-order chi connectivity index (χ0) is 15.0. The Bertz CT molecular complexity index is 403. The Hall–Kier alpha value is -0.820. The zero-order valence-corrected chi connectivity index (χ0v) is 13.6. The average molecular weight is 305 g/mol. The third kappa shape index (κ3) is 6.09. The Balaban J connectivity index is 2.52. The molecule has 1 N–H and O–H groups in total. The predicted octanol–water partition coefficient (Wildman–Crippen LogP) is 0.355. The van der Waals surface area contributed by atoms with Crippen molar-refractivity contribution in [3.63, 3.8) is 0 Å². The summed E-state index contributed by atoms with van der Waals surface area (Å²) in [5.74, 6) is 1.58. The van der Waals surface area contributed by atoms with E-state index in [1.54, 1.807) is 6.92 Å². The number of rotatable bonds is 7. The van der Waals surface area contributed by atoms with Gasteiger partial charge in [0, 0.05) is 38.4 Å². The van der Waals surface area contributed by atoms with Crippen LogP contribution < -0.4 is 5.32 Å². The summed E-state index contributed by atoms with van der Waals surface area (Å²) in [5, 5.41) is 3.20. The highest BCUT2D eigenvalue weighted by Gasteiger charge is 2.19. The Morgan fingerprint density at radius 3 is 2.75 bits per heavy atom. The molecule has 0 aromatic heterocycles. The van der Waals surface area contributed by atoms with Gasteiger partial charge in [-0.05, 0) is 13.3 Å². The molecule has 1 aliphatic rings. The van der Waals surface area contributed by atoms with Crippen molar-refractivity contribution in [1.82, 2.24) is 10.2 Å². The molecule has 118 valence electrons. The molecular weight excluding hydrogens is 278 g/mol. The predicted molar refractivity (Wildman–Crippen MR) is 81.9 cm³/mol. The normalized spacial score (nSPS) is 20.1. The minimum absolute atomic E-state index is 0.110. The molecule has 0 spiro atoms. The molecule has 1 heterocycles. The highest BCUT2D eigenvalue weighted by Crippen LogP contribution is 2.13. The first-order valence-electron chi connectivity index (χ1n) is 7.26. The van der Waals surface area contributed by atoms with Crippen molar-refractivity contribution in [2.75, 3.05) is 51.4 Å². The molecule has 1 fully saturated rings. The third-order valence-electron chi connectivity index (χ3n) is 3.36. The van der Waals surface area contributed by atoms with E-state index in [2.05, 4.69) is 15.2 Å². The number of ether oxygens (including phenoxy) is 1. The lowest BCUT2D eigenvalue weighted by atomic mass is 10.1. The summed E-state index contributed by atoms with van der Waals surface area (Å²) in [6, 6.07) is 0. The summed E-state index contributed by atoms with van der Waals surface area (Å²) in [6.45, 7) is 7.26. The lowest BCUT2D eigenvalue weighted by Crippen LogP contribution is -2.41. The van der Waals surface area contributed by atoms with Crippen molar-refractivity contribution in [3.8, 4) is 0 Å². The lowest BCUT2D eigenvalue weighted by Gasteiger charge is -2.24. The summed E-state index contributed by atoms with van der Waals surface area (Å²) >= 11 is 0. The van der Waals surface area contributed by atoms with Crippen LogP contribution in [0.25, 0.3) is 0 Å². The fourth-order valence-corrected chi connectivity index (χ4v) is 2.76. The van der Waals surface area contributed by atoms with Gasteiger partial charge >= 0.3 is 0 Å². The molecule has 1 rings (SSSR count). The highest BCUT2D eigenvalue weighted by atomic mass is 32.2. The second kappa shape index (κ2) is 8.46. The van der Waals surface area contributed by atoms with E-state index in [9.17, 15) is 8.42 Å². The van der Waals surface area contributed by atoms with E-state index in [0.717, 1.165) is 38.7 Å². The second-order valence-corrected chi connectivity index (χ2v) is 7.55. The Kier molecular flexibility index (Phi) is 7.29. The first-order chi connectivity index (χ1) is 9.48. The first kappa shape index (κ1) is 17.2. The van der Waals surface area contributed by atoms with Crippen molar-refractivity contribution in [2.45, 2.75) is 20.3 Å². The van der Waals surface area contributed by atoms with E-state index in [-0.39, 0.29) is 11.5 Å². The molecule has 1 atom stereocenters. The molecule has 1 aliphatic heterocycles. The molecule has 1 saturated heterocycles. The van der Waals surface area contributed by atoms with Crippen molar-refractivity contribution in [2.24, 2.45) is 10.9 Å². The number of guanidine groups is 1. The number of nitrogens with zero attached hydrogens (tertiary/aromatic N) is 2. The van der Waals surface area contributed by atoms with Gasteiger partial charge in [0.2, 0.25) is 0 Å². The Labute approximate surface area is 122 Å². The molecular formula is C13H27N3O3S. The van der Waals surface area contributed by atoms with Crippen LogP contribution >= 0.6 is 0 Å². The van der Waals surface area contributed by atoms with Crippen LogP contribution in [0, 0.1) is 5.92 Å². The fraction of sp³-hybridized carbons (Fsp3) is 0.923. The Morgan fingerprint density at radius 2 is 2.20 bits per heavy atom. The van der Waals surface area contributed by atoms with Crippen molar-refractivity contribution in [1.29, 1.82) is 0 Å². The molecule has 20 heavy (non-hydrogen) atoms. The molecule has 0 radical (unpaired) electrons. The summed E-state index contributed by atoms with van der Waals surface area (Å²) in [4.78, 5) is 6.46. The number of sulfone groups is 1. The van der Waals surface area contributed by atoms with Crippen LogP contribution in [0.3, 0.4) is 0 Å². The van der Waals surface area contributed by atoms with Crippen molar-refractivity contribution >= 4 is 15.8 Å². The van der Waals surface area contributed by atoms with Gasteiger partial charge in [0.05, 0.1) is 18.9 Å². The molecule has 0 bridgehead atoms. The number of hydrogen-bond donors (Lipinski definition) is 1. The van der Waals surface area contributed by atoms with Crippen molar-refractivity contribution in [3.05, 3.63) is 0 Å². The van der Waals surface area contributed by atoms with E-state index < -0.39 is 9.84 Å². The van der Waals surface area contributed by atoms with E-state index in [1.165, 1.54) is 0 Å². The average Bonchev–Trinajstić information content (AvgIpc) is 2.90. The number of aliphatic imine (C=N–C) groups is 1. The van der Waals surface area contributed by atoms with Gasteiger partial charge in [-0.15, -0.1) is 0 Å². The standard InChI is InChI=1S/C13H27N3O3S/c1-4-14-13(15-7-9-20(17,18)5-2)16(3)10-12-6-8-19-11-12/h12H,4-11H2,1-3H3,(H,14,15). The van der Waals surface area contributed by atoms with Gasteiger partial charge in [-0.2, -0.15) is 0 Å². The van der Waals surface area contributed by atoms with Crippen LogP contribution in [-0.2, 0) is 14.6 Å². The topological polar surface area (TPSA) is 71.0 Å². The zero-order valence-electron chi connectivity index (χ0n) is 12.8. The number of nitrogens with one attached hydrogen (secondary N) is 1. The van der Waals surface area contributed by atoms with Crippen molar-refractivity contribution < 1.29 is 13.2 Å². The van der Waals surface area contributed by atoms with Crippen LogP contribution in [0.1, 0.15) is 20.3 Å². The maximum atomic E-state index is 11.5. The summed E-state index contributed by atoms with van der Waals surface area (Å²) in [5.41, 5.74) is 0. The van der Waals surface area contributed by atoms with Crippen LogP contribution in [0.4, 0.5) is 0 Å². The molecule has 1 unspecified atom stereocenters. The number of hydrogen-bond acceptors (Lipinski definition) is 4. The summed E-state index contributed by atoms with van der Waals surface area (Å²) < 4.78 is 28.3. The molecule has 0 saturated carbocycles. The Morgan fingerprint density at radius 1 is 1.45 bits per heavy atom. The van der Waals surface area contributed by atoms with Crippen LogP contribution in [0.5, 0.6) is 0 Å². The van der Waals surface area contributed by atoms with Gasteiger partial charge in [0.1, 0.15) is 0 Å². The summed E-state index contributed by atoms with van der Waals surface area (Å²) in [7, 11) is -0.971. The lowest BCUT2D eigenvalue weighted by molar-refractivity contribution is 0.181. The van der Waals surface area contributed by atoms with Crippen LogP contribution in [-0.4, -0.2) is 70.7 Å². The monoisotopic (exact) mass is 305 g/mol. The fourth-order valence-electron chi connectivity index (χ4n) is 2.11. The van der Waals surface area contributed by atoms with Gasteiger partial charge in [0.25, 0.3) is 0 Å². The molecule has 0 aromatic carbocycles. The van der Waals surface area contributed by atoms with Gasteiger partial charge in [-0.25, -0.2) is 8.42 Å². The van der Waals surface area contributed by atoms with Crippen LogP contribution in [0.2, 0.25) is 0 Å². The molecule has 6 nitrogen and oxygen atoms in total. The third-order valence-corrected chi connectivity index (χ3v) is 5.04. The van der Waals surface area contributed by atoms with Gasteiger partial charge in [-0.1, -0.05) is 6.92 Å². The maximum absolute atomic E-state index is 11.5. The van der Waals surface area contributed by atoms with E-state index in [4.69, 9.17) is 4.74 Å². The smallest absolute Gasteiger partial charge is 0.193 e. The first-order valence-corrected chi connectivity index (χ1v) is 9.08. The van der Waals surface area contributed by atoms with E-state index in [0.29, 0.717) is 12.5 Å². The van der Waals surface area contributed by atoms with Gasteiger partial charge in [-0.3, -0.25) is 4.99 Å². The minimum atomic E-state index is -2.95. The minimum Gasteiger partial charge on any atom is -0.381 e.